The molecule has 0 saturated carbocycles. The Morgan fingerprint density at radius 2 is 2.50 bits per heavy atom. The highest BCUT2D eigenvalue weighted by atomic mass is 16.5. The van der Waals surface area contributed by atoms with Crippen LogP contribution in [0.25, 0.3) is 0 Å². The van der Waals surface area contributed by atoms with Gasteiger partial charge in [0.05, 0.1) is 12.8 Å². The number of aromatic nitrogens is 1. The summed E-state index contributed by atoms with van der Waals surface area (Å²) in [6.07, 6.45) is 3.03. The minimum atomic E-state index is 0.630. The highest BCUT2D eigenvalue weighted by Crippen LogP contribution is 2.15. The van der Waals surface area contributed by atoms with Crippen molar-refractivity contribution in [2.75, 3.05) is 27.2 Å². The zero-order valence-electron chi connectivity index (χ0n) is 9.94. The molecule has 1 aliphatic heterocycles. The average molecular weight is 221 g/mol. The summed E-state index contributed by atoms with van der Waals surface area (Å²) in [6, 6.07) is 4.52. The number of rotatable bonds is 4. The lowest BCUT2D eigenvalue weighted by atomic mass is 10.3. The van der Waals surface area contributed by atoms with E-state index in [4.69, 9.17) is 4.74 Å². The molecule has 0 amide bonds. The fourth-order valence-electron chi connectivity index (χ4n) is 2.11. The Morgan fingerprint density at radius 1 is 1.62 bits per heavy atom. The van der Waals surface area contributed by atoms with Crippen LogP contribution in [-0.4, -0.2) is 43.2 Å². The molecule has 2 rings (SSSR count). The van der Waals surface area contributed by atoms with Gasteiger partial charge in [-0.3, -0.25) is 9.88 Å². The molecule has 1 N–H and O–H groups in total. The van der Waals surface area contributed by atoms with E-state index in [1.165, 1.54) is 6.42 Å². The van der Waals surface area contributed by atoms with Crippen molar-refractivity contribution < 1.29 is 4.74 Å². The predicted molar refractivity (Wildman–Crippen MR) is 63.5 cm³/mol. The second-order valence-corrected chi connectivity index (χ2v) is 4.20. The molecule has 1 fully saturated rings. The van der Waals surface area contributed by atoms with Gasteiger partial charge >= 0.3 is 0 Å². The lowest BCUT2D eigenvalue weighted by Crippen LogP contribution is -2.29. The van der Waals surface area contributed by atoms with Crippen molar-refractivity contribution in [2.45, 2.75) is 19.0 Å². The summed E-state index contributed by atoms with van der Waals surface area (Å²) in [6.45, 7) is 3.16. The van der Waals surface area contributed by atoms with E-state index < -0.39 is 0 Å². The van der Waals surface area contributed by atoms with Gasteiger partial charge in [0, 0.05) is 37.9 Å². The molecule has 2 heterocycles. The first kappa shape index (κ1) is 11.4. The molecule has 0 spiro atoms. The lowest BCUT2D eigenvalue weighted by Gasteiger charge is -2.15. The van der Waals surface area contributed by atoms with E-state index in [9.17, 15) is 0 Å². The Balaban J connectivity index is 1.94. The fourth-order valence-corrected chi connectivity index (χ4v) is 2.11. The van der Waals surface area contributed by atoms with Crippen LogP contribution in [0.1, 0.15) is 12.1 Å². The number of hydrogen-bond acceptors (Lipinski definition) is 4. The smallest absolute Gasteiger partial charge is 0.122 e. The number of hydrogen-bond donors (Lipinski definition) is 1. The van der Waals surface area contributed by atoms with Crippen LogP contribution in [0.15, 0.2) is 18.3 Å². The van der Waals surface area contributed by atoms with Crippen molar-refractivity contribution in [3.63, 3.8) is 0 Å². The van der Waals surface area contributed by atoms with Gasteiger partial charge in [0.25, 0.3) is 0 Å². The van der Waals surface area contributed by atoms with Crippen LogP contribution in [0.3, 0.4) is 0 Å². The van der Waals surface area contributed by atoms with E-state index >= 15 is 0 Å². The molecule has 1 atom stereocenters. The Kier molecular flexibility index (Phi) is 3.74. The van der Waals surface area contributed by atoms with Crippen molar-refractivity contribution >= 4 is 0 Å². The molecular formula is C12H19N3O. The maximum atomic E-state index is 5.19. The molecule has 0 aliphatic carbocycles. The molecule has 16 heavy (non-hydrogen) atoms. The van der Waals surface area contributed by atoms with Gasteiger partial charge < -0.3 is 10.1 Å². The molecule has 1 saturated heterocycles. The van der Waals surface area contributed by atoms with Crippen LogP contribution >= 0.6 is 0 Å². The van der Waals surface area contributed by atoms with Crippen LogP contribution in [0.2, 0.25) is 0 Å². The maximum absolute atomic E-state index is 5.19. The van der Waals surface area contributed by atoms with Crippen LogP contribution in [0, 0.1) is 0 Å². The second-order valence-electron chi connectivity index (χ2n) is 4.20. The van der Waals surface area contributed by atoms with E-state index in [-0.39, 0.29) is 0 Å². The number of likely N-dealkylation sites (tertiary alicyclic amines) is 1. The van der Waals surface area contributed by atoms with Crippen molar-refractivity contribution in [1.29, 1.82) is 0 Å². The number of nitrogens with one attached hydrogen (secondary N) is 1. The van der Waals surface area contributed by atoms with Gasteiger partial charge in [-0.25, -0.2) is 0 Å². The maximum Gasteiger partial charge on any atom is 0.122 e. The zero-order valence-corrected chi connectivity index (χ0v) is 9.94. The molecule has 1 aromatic heterocycles. The van der Waals surface area contributed by atoms with Gasteiger partial charge in [-0.15, -0.1) is 0 Å². The molecule has 4 nitrogen and oxygen atoms in total. The van der Waals surface area contributed by atoms with E-state index in [0.29, 0.717) is 6.04 Å². The molecule has 1 aliphatic rings. The van der Waals surface area contributed by atoms with E-state index in [0.717, 1.165) is 31.1 Å². The molecule has 0 bridgehead atoms. The van der Waals surface area contributed by atoms with E-state index in [1.54, 1.807) is 13.3 Å². The van der Waals surface area contributed by atoms with Crippen molar-refractivity contribution in [2.24, 2.45) is 0 Å². The Hall–Kier alpha value is -1.13. The number of methoxy groups -OCH3 is 1. The van der Waals surface area contributed by atoms with Crippen molar-refractivity contribution in [3.8, 4) is 5.75 Å². The monoisotopic (exact) mass is 221 g/mol. The van der Waals surface area contributed by atoms with Gasteiger partial charge in [0.1, 0.15) is 5.75 Å². The van der Waals surface area contributed by atoms with Gasteiger partial charge in [-0.1, -0.05) is 0 Å². The number of likely N-dealkylation sites (N-methyl/N-ethyl adjacent to an activating group) is 1. The third-order valence-electron chi connectivity index (χ3n) is 3.09. The summed E-state index contributed by atoms with van der Waals surface area (Å²) in [5, 5.41) is 3.32. The third-order valence-corrected chi connectivity index (χ3v) is 3.09. The number of nitrogens with zero attached hydrogens (tertiary/aromatic N) is 2. The fraction of sp³-hybridized carbons (Fsp3) is 0.583. The molecule has 0 radical (unpaired) electrons. The van der Waals surface area contributed by atoms with Gasteiger partial charge in [0.2, 0.25) is 0 Å². The van der Waals surface area contributed by atoms with Crippen LogP contribution < -0.4 is 10.1 Å². The quantitative estimate of drug-likeness (QED) is 0.819. The SMILES string of the molecule is CNC1CCN(Cc2cc(OC)ccn2)C1. The first-order chi connectivity index (χ1) is 7.81. The topological polar surface area (TPSA) is 37.4 Å². The second kappa shape index (κ2) is 5.27. The molecule has 4 heteroatoms. The summed E-state index contributed by atoms with van der Waals surface area (Å²) in [7, 11) is 3.71. The number of ether oxygens (including phenoxy) is 1. The van der Waals surface area contributed by atoms with Crippen LogP contribution in [0.4, 0.5) is 0 Å². The van der Waals surface area contributed by atoms with Crippen LogP contribution in [-0.2, 0) is 6.54 Å². The standard InChI is InChI=1S/C12H19N3O/c1-13-10-4-6-15(8-10)9-11-7-12(16-2)3-5-14-11/h3,5,7,10,13H,4,6,8-9H2,1-2H3. The normalized spacial score (nSPS) is 21.2. The van der Waals surface area contributed by atoms with Gasteiger partial charge in [0.15, 0.2) is 0 Å². The summed E-state index contributed by atoms with van der Waals surface area (Å²) in [4.78, 5) is 6.78. The highest BCUT2D eigenvalue weighted by Gasteiger charge is 2.20. The van der Waals surface area contributed by atoms with Crippen molar-refractivity contribution in [3.05, 3.63) is 24.0 Å². The highest BCUT2D eigenvalue weighted by molar-refractivity contribution is 5.22. The third kappa shape index (κ3) is 2.71. The number of pyridine rings is 1. The summed E-state index contributed by atoms with van der Waals surface area (Å²) in [5.41, 5.74) is 1.08. The minimum absolute atomic E-state index is 0.630. The minimum Gasteiger partial charge on any atom is -0.497 e. The molecule has 1 unspecified atom stereocenters. The van der Waals surface area contributed by atoms with Crippen molar-refractivity contribution in [1.82, 2.24) is 15.2 Å². The first-order valence-electron chi connectivity index (χ1n) is 5.70. The molecule has 88 valence electrons. The first-order valence-corrected chi connectivity index (χ1v) is 5.70. The largest absolute Gasteiger partial charge is 0.497 e. The zero-order chi connectivity index (χ0) is 11.4. The van der Waals surface area contributed by atoms with Gasteiger partial charge in [-0.05, 0) is 19.5 Å². The lowest BCUT2D eigenvalue weighted by molar-refractivity contribution is 0.317. The average Bonchev–Trinajstić information content (AvgIpc) is 2.77. The van der Waals surface area contributed by atoms with Crippen LogP contribution in [0.5, 0.6) is 5.75 Å². The Bertz CT molecular complexity index is 343. The summed E-state index contributed by atoms with van der Waals surface area (Å²) >= 11 is 0. The summed E-state index contributed by atoms with van der Waals surface area (Å²) < 4.78 is 5.19. The predicted octanol–water partition coefficient (Wildman–Crippen LogP) is 0.884. The Morgan fingerprint density at radius 3 is 3.19 bits per heavy atom. The Labute approximate surface area is 96.6 Å². The summed E-state index contributed by atoms with van der Waals surface area (Å²) in [5.74, 6) is 0.884. The molecule has 1 aromatic rings. The van der Waals surface area contributed by atoms with Gasteiger partial charge in [-0.2, -0.15) is 0 Å². The van der Waals surface area contributed by atoms with E-state index in [2.05, 4.69) is 15.2 Å². The molecular weight excluding hydrogens is 202 g/mol. The molecule has 0 aromatic carbocycles. The van der Waals surface area contributed by atoms with E-state index in [1.807, 2.05) is 19.2 Å².